The molecule has 0 amide bonds. The number of carbonyl (C=O) groups excluding carboxylic acids is 1. The van der Waals surface area contributed by atoms with Gasteiger partial charge in [0.2, 0.25) is 5.91 Å². The molecule has 2 saturated heterocycles. The Morgan fingerprint density at radius 2 is 1.65 bits per heavy atom. The lowest BCUT2D eigenvalue weighted by Gasteiger charge is -2.37. The lowest BCUT2D eigenvalue weighted by molar-refractivity contribution is -0.291. The molecule has 0 radical (unpaired) electrons. The number of nitrogens with zero attached hydrogens (tertiary/aromatic N) is 1. The highest BCUT2D eigenvalue weighted by Gasteiger charge is 2.35. The number of piperidine rings is 1. The highest BCUT2D eigenvalue weighted by molar-refractivity contribution is 5.74. The molecule has 0 aromatic heterocycles. The minimum atomic E-state index is -2.24. The van der Waals surface area contributed by atoms with E-state index in [4.69, 9.17) is 14.2 Å². The van der Waals surface area contributed by atoms with E-state index in [1.54, 1.807) is 11.8 Å². The molecule has 214 valence electrons. The molecule has 0 aromatic rings. The summed E-state index contributed by atoms with van der Waals surface area (Å²) in [5.74, 6) is 0.600. The van der Waals surface area contributed by atoms with E-state index in [2.05, 4.69) is 11.8 Å². The van der Waals surface area contributed by atoms with Gasteiger partial charge in [-0.3, -0.25) is 9.69 Å². The van der Waals surface area contributed by atoms with E-state index in [0.29, 0.717) is 32.4 Å². The number of aliphatic hydroxyl groups excluding tert-OH is 1. The minimum absolute atomic E-state index is 0.0319. The van der Waals surface area contributed by atoms with Crippen molar-refractivity contribution in [2.24, 2.45) is 5.92 Å². The fourth-order valence-corrected chi connectivity index (χ4v) is 4.74. The Morgan fingerprint density at radius 3 is 2.35 bits per heavy atom. The maximum absolute atomic E-state index is 11.8. The summed E-state index contributed by atoms with van der Waals surface area (Å²) < 4.78 is 15.9. The first-order valence-electron chi connectivity index (χ1n) is 13.8. The predicted molar refractivity (Wildman–Crippen MR) is 136 cm³/mol. The van der Waals surface area contributed by atoms with E-state index in [-0.39, 0.29) is 44.4 Å². The molecule has 0 saturated carbocycles. The summed E-state index contributed by atoms with van der Waals surface area (Å²) in [6.07, 6.45) is 9.88. The van der Waals surface area contributed by atoms with Crippen LogP contribution in [0.1, 0.15) is 84.0 Å². The van der Waals surface area contributed by atoms with E-state index in [9.17, 15) is 30.3 Å². The van der Waals surface area contributed by atoms with Crippen LogP contribution in [0.15, 0.2) is 0 Å². The van der Waals surface area contributed by atoms with Gasteiger partial charge >= 0.3 is 5.97 Å². The van der Waals surface area contributed by atoms with Crippen molar-refractivity contribution in [3.63, 3.8) is 0 Å². The Hall–Kier alpha value is -1.29. The third-order valence-corrected chi connectivity index (χ3v) is 6.74. The van der Waals surface area contributed by atoms with E-state index < -0.39 is 17.8 Å². The molecule has 2 aliphatic rings. The smallest absolute Gasteiger partial charge is 0.309 e. The standard InChI is InChI=1S/C27H47NO9/c1-22(29)18-23-19-24(37-25(23)30)12-8-5-3-2-4-6-9-13-26(31,32)20-35-16-17-36-21-27(33,34)28-14-10-7-11-15-28/h22-24,29,31-34H,2-8,10-12,14-21H2,1H3/t22?,23?,24-/m1/s1. The Morgan fingerprint density at radius 1 is 1.00 bits per heavy atom. The van der Waals surface area contributed by atoms with Gasteiger partial charge in [0.15, 0.2) is 0 Å². The zero-order valence-electron chi connectivity index (χ0n) is 22.3. The van der Waals surface area contributed by atoms with Gasteiger partial charge in [0.05, 0.1) is 25.2 Å². The van der Waals surface area contributed by atoms with Gasteiger partial charge in [-0.05, 0) is 57.8 Å². The quantitative estimate of drug-likeness (QED) is 0.0807. The number of esters is 1. The van der Waals surface area contributed by atoms with E-state index in [1.807, 2.05) is 0 Å². The van der Waals surface area contributed by atoms with Crippen LogP contribution in [0, 0.1) is 17.8 Å². The first-order chi connectivity index (χ1) is 17.6. The molecular weight excluding hydrogens is 482 g/mol. The van der Waals surface area contributed by atoms with Gasteiger partial charge in [-0.1, -0.05) is 31.6 Å². The van der Waals surface area contributed by atoms with Crippen LogP contribution in [0.5, 0.6) is 0 Å². The molecule has 2 fully saturated rings. The van der Waals surface area contributed by atoms with Gasteiger partial charge in [0.25, 0.3) is 5.79 Å². The number of carbonyl (C=O) groups is 1. The van der Waals surface area contributed by atoms with Gasteiger partial charge in [0, 0.05) is 19.5 Å². The van der Waals surface area contributed by atoms with Gasteiger partial charge in [-0.2, -0.15) is 0 Å². The van der Waals surface area contributed by atoms with E-state index in [1.165, 1.54) is 0 Å². The summed E-state index contributed by atoms with van der Waals surface area (Å²) in [5.41, 5.74) is 0. The number of hydrogen-bond donors (Lipinski definition) is 5. The van der Waals surface area contributed by atoms with Crippen molar-refractivity contribution in [1.82, 2.24) is 4.90 Å². The average molecular weight is 530 g/mol. The van der Waals surface area contributed by atoms with Gasteiger partial charge in [-0.25, -0.2) is 0 Å². The Balaban J connectivity index is 1.44. The predicted octanol–water partition coefficient (Wildman–Crippen LogP) is 1.26. The molecule has 0 aliphatic carbocycles. The molecule has 0 bridgehead atoms. The molecule has 3 atom stereocenters. The molecule has 10 nitrogen and oxygen atoms in total. The van der Waals surface area contributed by atoms with Gasteiger partial charge < -0.3 is 39.7 Å². The fraction of sp³-hybridized carbons (Fsp3) is 0.889. The largest absolute Gasteiger partial charge is 0.462 e. The van der Waals surface area contributed by atoms with Crippen molar-refractivity contribution in [2.75, 3.05) is 39.5 Å². The lowest BCUT2D eigenvalue weighted by atomic mass is 9.96. The SMILES string of the molecule is CC(O)CC1C[C@@H](CCCCCCCC#CC(O)(O)COCCOCC(O)(O)N2CCCCC2)OC1=O. The monoisotopic (exact) mass is 529 g/mol. The number of likely N-dealkylation sites (tertiary alicyclic amines) is 1. The van der Waals surface area contributed by atoms with Crippen molar-refractivity contribution < 1.29 is 44.5 Å². The molecule has 0 spiro atoms. The van der Waals surface area contributed by atoms with Crippen LogP contribution in [-0.2, 0) is 19.0 Å². The third kappa shape index (κ3) is 13.4. The number of aliphatic hydroxyl groups is 5. The Kier molecular flexibility index (Phi) is 14.3. The van der Waals surface area contributed by atoms with Crippen LogP contribution < -0.4 is 0 Å². The van der Waals surface area contributed by atoms with E-state index >= 15 is 0 Å². The maximum atomic E-state index is 11.8. The summed E-state index contributed by atoms with van der Waals surface area (Å²) in [4.78, 5) is 13.4. The molecule has 2 unspecified atom stereocenters. The number of rotatable bonds is 17. The van der Waals surface area contributed by atoms with Crippen molar-refractivity contribution in [1.29, 1.82) is 0 Å². The van der Waals surface area contributed by atoms with Crippen LogP contribution >= 0.6 is 0 Å². The van der Waals surface area contributed by atoms with Crippen molar-refractivity contribution >= 4 is 5.97 Å². The lowest BCUT2D eigenvalue weighted by Crippen LogP contribution is -2.54. The normalized spacial score (nSPS) is 21.9. The number of ether oxygens (including phenoxy) is 3. The molecule has 5 N–H and O–H groups in total. The molecule has 2 aliphatic heterocycles. The zero-order valence-corrected chi connectivity index (χ0v) is 22.3. The fourth-order valence-electron chi connectivity index (χ4n) is 4.74. The van der Waals surface area contributed by atoms with Crippen molar-refractivity contribution in [3.05, 3.63) is 0 Å². The summed E-state index contributed by atoms with van der Waals surface area (Å²) in [6.45, 7) is 2.44. The van der Waals surface area contributed by atoms with Gasteiger partial charge in [0.1, 0.15) is 19.3 Å². The van der Waals surface area contributed by atoms with Crippen LogP contribution in [0.3, 0.4) is 0 Å². The third-order valence-electron chi connectivity index (χ3n) is 6.74. The highest BCUT2D eigenvalue weighted by Crippen LogP contribution is 2.28. The molecule has 2 heterocycles. The summed E-state index contributed by atoms with van der Waals surface area (Å²) in [5, 5.41) is 49.5. The van der Waals surface area contributed by atoms with Crippen LogP contribution in [0.2, 0.25) is 0 Å². The van der Waals surface area contributed by atoms with Crippen LogP contribution in [0.25, 0.3) is 0 Å². The number of unbranched alkanes of at least 4 members (excludes halogenated alkanes) is 5. The van der Waals surface area contributed by atoms with E-state index in [0.717, 1.165) is 57.8 Å². The second-order valence-electron chi connectivity index (χ2n) is 10.4. The van der Waals surface area contributed by atoms with Crippen LogP contribution in [0.4, 0.5) is 0 Å². The molecule has 0 aromatic carbocycles. The average Bonchev–Trinajstić information content (AvgIpc) is 3.18. The zero-order chi connectivity index (χ0) is 27.2. The molecular formula is C27H47NO9. The maximum Gasteiger partial charge on any atom is 0.309 e. The first kappa shape index (κ1) is 31.9. The number of cyclic esters (lactones) is 1. The van der Waals surface area contributed by atoms with Crippen LogP contribution in [-0.4, -0.2) is 99.8 Å². The minimum Gasteiger partial charge on any atom is -0.462 e. The van der Waals surface area contributed by atoms with Gasteiger partial charge in [-0.15, -0.1) is 0 Å². The second-order valence-corrected chi connectivity index (χ2v) is 10.4. The van der Waals surface area contributed by atoms with Crippen molar-refractivity contribution in [2.45, 2.75) is 108 Å². The van der Waals surface area contributed by atoms with Crippen molar-refractivity contribution in [3.8, 4) is 11.8 Å². The summed E-state index contributed by atoms with van der Waals surface area (Å²) >= 11 is 0. The summed E-state index contributed by atoms with van der Waals surface area (Å²) in [6, 6.07) is 0. The molecule has 10 heteroatoms. The number of hydrogen-bond acceptors (Lipinski definition) is 10. The topological polar surface area (TPSA) is 149 Å². The highest BCUT2D eigenvalue weighted by atomic mass is 16.6. The summed E-state index contributed by atoms with van der Waals surface area (Å²) in [7, 11) is 0. The Labute approximate surface area is 220 Å². The molecule has 37 heavy (non-hydrogen) atoms. The second kappa shape index (κ2) is 16.6. The molecule has 2 rings (SSSR count). The first-order valence-corrected chi connectivity index (χ1v) is 13.8. The Bertz CT molecular complexity index is 710.